The molecule has 0 spiro atoms. The summed E-state index contributed by atoms with van der Waals surface area (Å²) in [6.45, 7) is 5.75. The fraction of sp³-hybridized carbons (Fsp3) is 0.409. The number of hydrogen-bond donors (Lipinski definition) is 2. The minimum atomic E-state index is -0.327. The molecule has 156 valence electrons. The third-order valence-corrected chi connectivity index (χ3v) is 5.37. The minimum absolute atomic E-state index is 0.0264. The van der Waals surface area contributed by atoms with Crippen LogP contribution >= 0.6 is 11.6 Å². The van der Waals surface area contributed by atoms with Gasteiger partial charge in [-0.05, 0) is 42.8 Å². The van der Waals surface area contributed by atoms with E-state index in [1.165, 1.54) is 12.1 Å². The topological polar surface area (TPSA) is 53.6 Å². The van der Waals surface area contributed by atoms with Crippen LogP contribution in [0.2, 0.25) is 5.02 Å². The summed E-state index contributed by atoms with van der Waals surface area (Å²) in [6.07, 6.45) is 0.315. The van der Waals surface area contributed by atoms with E-state index in [1.54, 1.807) is 12.1 Å². The molecule has 1 aliphatic rings. The van der Waals surface area contributed by atoms with E-state index in [0.717, 1.165) is 23.7 Å². The van der Waals surface area contributed by atoms with Gasteiger partial charge < -0.3 is 15.4 Å². The summed E-state index contributed by atoms with van der Waals surface area (Å²) in [6, 6.07) is 13.7. The van der Waals surface area contributed by atoms with E-state index in [0.29, 0.717) is 31.9 Å². The fourth-order valence-electron chi connectivity index (χ4n) is 3.48. The first-order valence-corrected chi connectivity index (χ1v) is 10.3. The van der Waals surface area contributed by atoms with Gasteiger partial charge in [0.2, 0.25) is 5.91 Å². The zero-order valence-corrected chi connectivity index (χ0v) is 17.3. The zero-order chi connectivity index (χ0) is 20.6. The Bertz CT molecular complexity index is 797. The average molecular weight is 420 g/mol. The standard InChI is InChI=1S/C22H27ClFN3O2/c1-16(14-22(28)26-18-8-6-17(24)7-9-18)25-15-21(27-10-12-29-13-11-27)19-4-2-3-5-20(19)23/h2-9,16,21,25H,10-15H2,1H3,(H,26,28). The molecule has 2 unspecified atom stereocenters. The first-order valence-electron chi connectivity index (χ1n) is 9.88. The van der Waals surface area contributed by atoms with Crippen molar-refractivity contribution in [1.29, 1.82) is 0 Å². The highest BCUT2D eigenvalue weighted by Crippen LogP contribution is 2.28. The van der Waals surface area contributed by atoms with Crippen molar-refractivity contribution < 1.29 is 13.9 Å². The number of ether oxygens (including phenoxy) is 1. The summed E-state index contributed by atoms with van der Waals surface area (Å²) >= 11 is 6.46. The Labute approximate surface area is 176 Å². The Balaban J connectivity index is 1.57. The first kappa shape index (κ1) is 21.7. The number of anilines is 1. The lowest BCUT2D eigenvalue weighted by molar-refractivity contribution is -0.116. The van der Waals surface area contributed by atoms with Crippen LogP contribution < -0.4 is 10.6 Å². The van der Waals surface area contributed by atoms with Gasteiger partial charge in [-0.1, -0.05) is 29.8 Å². The van der Waals surface area contributed by atoms with E-state index in [4.69, 9.17) is 16.3 Å². The van der Waals surface area contributed by atoms with Gasteiger partial charge in [0.15, 0.2) is 0 Å². The van der Waals surface area contributed by atoms with E-state index in [-0.39, 0.29) is 23.8 Å². The largest absolute Gasteiger partial charge is 0.379 e. The van der Waals surface area contributed by atoms with Crippen LogP contribution in [0.5, 0.6) is 0 Å². The van der Waals surface area contributed by atoms with E-state index in [9.17, 15) is 9.18 Å². The van der Waals surface area contributed by atoms with Crippen molar-refractivity contribution in [2.24, 2.45) is 0 Å². The Morgan fingerprint density at radius 3 is 2.55 bits per heavy atom. The van der Waals surface area contributed by atoms with Gasteiger partial charge in [-0.15, -0.1) is 0 Å². The van der Waals surface area contributed by atoms with Crippen molar-refractivity contribution in [3.05, 3.63) is 64.9 Å². The number of amides is 1. The lowest BCUT2D eigenvalue weighted by Gasteiger charge is -2.36. The number of halogens is 2. The number of carbonyl (C=O) groups is 1. The Hall–Kier alpha value is -1.99. The first-order chi connectivity index (χ1) is 14.0. The molecular weight excluding hydrogens is 393 g/mol. The van der Waals surface area contributed by atoms with E-state index in [2.05, 4.69) is 21.6 Å². The SMILES string of the molecule is CC(CC(=O)Nc1ccc(F)cc1)NCC(c1ccccc1Cl)N1CCOCC1. The predicted octanol–water partition coefficient (Wildman–Crippen LogP) is 3.86. The molecule has 2 aromatic carbocycles. The van der Waals surface area contributed by atoms with Crippen molar-refractivity contribution in [3.63, 3.8) is 0 Å². The highest BCUT2D eigenvalue weighted by molar-refractivity contribution is 6.31. The van der Waals surface area contributed by atoms with Crippen LogP contribution in [0.3, 0.4) is 0 Å². The monoisotopic (exact) mass is 419 g/mol. The Morgan fingerprint density at radius 1 is 1.17 bits per heavy atom. The molecule has 2 N–H and O–H groups in total. The summed E-state index contributed by atoms with van der Waals surface area (Å²) in [5.41, 5.74) is 1.66. The van der Waals surface area contributed by atoms with Crippen molar-refractivity contribution in [2.45, 2.75) is 25.4 Å². The normalized spacial score (nSPS) is 16.9. The smallest absolute Gasteiger partial charge is 0.225 e. The Morgan fingerprint density at radius 2 is 1.86 bits per heavy atom. The molecular formula is C22H27ClFN3O2. The molecule has 5 nitrogen and oxygen atoms in total. The van der Waals surface area contributed by atoms with Crippen molar-refractivity contribution in [1.82, 2.24) is 10.2 Å². The number of morpholine rings is 1. The summed E-state index contributed by atoms with van der Waals surface area (Å²) < 4.78 is 18.5. The van der Waals surface area contributed by atoms with Gasteiger partial charge in [0.1, 0.15) is 5.82 Å². The molecule has 2 aromatic rings. The van der Waals surface area contributed by atoms with Crippen molar-refractivity contribution >= 4 is 23.2 Å². The minimum Gasteiger partial charge on any atom is -0.379 e. The average Bonchev–Trinajstić information content (AvgIpc) is 2.72. The summed E-state index contributed by atoms with van der Waals surface area (Å²) in [7, 11) is 0. The second-order valence-electron chi connectivity index (χ2n) is 7.25. The lowest BCUT2D eigenvalue weighted by Crippen LogP contribution is -2.44. The molecule has 0 radical (unpaired) electrons. The van der Waals surface area contributed by atoms with Crippen LogP contribution in [0.25, 0.3) is 0 Å². The predicted molar refractivity (Wildman–Crippen MR) is 114 cm³/mol. The van der Waals surface area contributed by atoms with E-state index < -0.39 is 0 Å². The summed E-state index contributed by atoms with van der Waals surface area (Å²) in [5, 5.41) is 7.01. The van der Waals surface area contributed by atoms with Crippen LogP contribution in [0.4, 0.5) is 10.1 Å². The molecule has 0 aromatic heterocycles. The van der Waals surface area contributed by atoms with Gasteiger partial charge in [-0.25, -0.2) is 4.39 Å². The molecule has 1 amide bonds. The third kappa shape index (κ3) is 6.51. The van der Waals surface area contributed by atoms with Gasteiger partial charge in [-0.2, -0.15) is 0 Å². The van der Waals surface area contributed by atoms with Gasteiger partial charge in [0.05, 0.1) is 13.2 Å². The molecule has 0 saturated carbocycles. The maximum atomic E-state index is 13.0. The number of hydrogen-bond acceptors (Lipinski definition) is 4. The van der Waals surface area contributed by atoms with Crippen LogP contribution in [0, 0.1) is 5.82 Å². The lowest BCUT2D eigenvalue weighted by atomic mass is 10.0. The molecule has 1 saturated heterocycles. The molecule has 1 aliphatic heterocycles. The second-order valence-corrected chi connectivity index (χ2v) is 7.66. The number of nitrogens with zero attached hydrogens (tertiary/aromatic N) is 1. The van der Waals surface area contributed by atoms with Crippen molar-refractivity contribution in [3.8, 4) is 0 Å². The molecule has 29 heavy (non-hydrogen) atoms. The third-order valence-electron chi connectivity index (χ3n) is 5.03. The highest BCUT2D eigenvalue weighted by atomic mass is 35.5. The molecule has 0 aliphatic carbocycles. The number of rotatable bonds is 8. The second kappa shape index (κ2) is 10.7. The Kier molecular flexibility index (Phi) is 8.00. The number of nitrogens with one attached hydrogen (secondary N) is 2. The summed E-state index contributed by atoms with van der Waals surface area (Å²) in [4.78, 5) is 14.6. The quantitative estimate of drug-likeness (QED) is 0.682. The molecule has 1 heterocycles. The fourth-order valence-corrected chi connectivity index (χ4v) is 3.74. The van der Waals surface area contributed by atoms with Crippen LogP contribution in [-0.2, 0) is 9.53 Å². The number of carbonyl (C=O) groups excluding carboxylic acids is 1. The molecule has 0 bridgehead atoms. The van der Waals surface area contributed by atoms with Gasteiger partial charge >= 0.3 is 0 Å². The van der Waals surface area contributed by atoms with E-state index in [1.807, 2.05) is 25.1 Å². The van der Waals surface area contributed by atoms with Crippen LogP contribution in [0.15, 0.2) is 48.5 Å². The van der Waals surface area contributed by atoms with E-state index >= 15 is 0 Å². The highest BCUT2D eigenvalue weighted by Gasteiger charge is 2.25. The molecule has 3 rings (SSSR count). The van der Waals surface area contributed by atoms with Crippen molar-refractivity contribution in [2.75, 3.05) is 38.2 Å². The maximum Gasteiger partial charge on any atom is 0.225 e. The molecule has 7 heteroatoms. The molecule has 1 fully saturated rings. The number of benzene rings is 2. The van der Waals surface area contributed by atoms with Crippen LogP contribution in [0.1, 0.15) is 24.9 Å². The van der Waals surface area contributed by atoms with Crippen LogP contribution in [-0.4, -0.2) is 49.7 Å². The molecule has 2 atom stereocenters. The maximum absolute atomic E-state index is 13.0. The van der Waals surface area contributed by atoms with Gasteiger partial charge in [0.25, 0.3) is 0 Å². The zero-order valence-electron chi connectivity index (χ0n) is 16.5. The van der Waals surface area contributed by atoms with Gasteiger partial charge in [0, 0.05) is 48.8 Å². The summed E-state index contributed by atoms with van der Waals surface area (Å²) in [5.74, 6) is -0.441. The van der Waals surface area contributed by atoms with Gasteiger partial charge in [-0.3, -0.25) is 9.69 Å².